The average Bonchev–Trinajstić information content (AvgIpc) is 3.17. The predicted molar refractivity (Wildman–Crippen MR) is 78.4 cm³/mol. The summed E-state index contributed by atoms with van der Waals surface area (Å²) in [6.45, 7) is 0. The van der Waals surface area contributed by atoms with Gasteiger partial charge in [0.2, 0.25) is 5.91 Å². The van der Waals surface area contributed by atoms with Crippen molar-refractivity contribution in [1.29, 1.82) is 0 Å². The van der Waals surface area contributed by atoms with Gasteiger partial charge in [0.25, 0.3) is 0 Å². The molecule has 1 atom stereocenters. The lowest BCUT2D eigenvalue weighted by atomic mass is 10.2. The Kier molecular flexibility index (Phi) is 3.34. The lowest BCUT2D eigenvalue weighted by molar-refractivity contribution is -0.120. The van der Waals surface area contributed by atoms with Crippen LogP contribution in [0.3, 0.4) is 0 Å². The van der Waals surface area contributed by atoms with Gasteiger partial charge < -0.3 is 4.90 Å². The molecular weight excluding hydrogens is 298 g/mol. The molecule has 1 aliphatic carbocycles. The number of carbonyl (C=O) groups is 1. The van der Waals surface area contributed by atoms with Gasteiger partial charge in [-0.2, -0.15) is 0 Å². The van der Waals surface area contributed by atoms with Crippen molar-refractivity contribution in [2.75, 3.05) is 10.7 Å². The average molecular weight is 312 g/mol. The molecule has 0 spiro atoms. The molecule has 20 heavy (non-hydrogen) atoms. The lowest BCUT2D eigenvalue weighted by Crippen LogP contribution is -2.42. The maximum atomic E-state index is 12.5. The first kappa shape index (κ1) is 13.6. The molecule has 1 saturated carbocycles. The number of hydrogen-bond donors (Lipinski definition) is 0. The van der Waals surface area contributed by atoms with Crippen LogP contribution in [0.4, 0.5) is 5.69 Å². The van der Waals surface area contributed by atoms with E-state index in [0.717, 1.165) is 12.8 Å². The van der Waals surface area contributed by atoms with Gasteiger partial charge in [-0.15, -0.1) is 0 Å². The first-order chi connectivity index (χ1) is 9.46. The Morgan fingerprint density at radius 3 is 2.35 bits per heavy atom. The number of sulfone groups is 1. The molecule has 0 N–H and O–H groups in total. The second-order valence-electron chi connectivity index (χ2n) is 5.18. The van der Waals surface area contributed by atoms with Crippen molar-refractivity contribution in [1.82, 2.24) is 0 Å². The van der Waals surface area contributed by atoms with Crippen LogP contribution in [0.1, 0.15) is 12.8 Å². The Labute approximate surface area is 122 Å². The Morgan fingerprint density at radius 1 is 1.20 bits per heavy atom. The SMILES string of the molecule is O=C(C1CC1)N(c1ccc(Cl)cc1)C1C=CS(=O)(=O)C1. The minimum atomic E-state index is -3.20. The third kappa shape index (κ3) is 2.74. The summed E-state index contributed by atoms with van der Waals surface area (Å²) < 4.78 is 23.2. The van der Waals surface area contributed by atoms with Crippen LogP contribution in [0, 0.1) is 5.92 Å². The third-order valence-corrected chi connectivity index (χ3v) is 5.14. The predicted octanol–water partition coefficient (Wildman–Crippen LogP) is 2.39. The molecule has 1 unspecified atom stereocenters. The van der Waals surface area contributed by atoms with E-state index in [1.54, 1.807) is 35.2 Å². The molecule has 0 saturated heterocycles. The van der Waals surface area contributed by atoms with Crippen molar-refractivity contribution >= 4 is 33.0 Å². The van der Waals surface area contributed by atoms with Crippen molar-refractivity contribution in [2.45, 2.75) is 18.9 Å². The Hall–Kier alpha value is -1.33. The van der Waals surface area contributed by atoms with E-state index in [1.165, 1.54) is 5.41 Å². The highest BCUT2D eigenvalue weighted by Crippen LogP contribution is 2.35. The summed E-state index contributed by atoms with van der Waals surface area (Å²) in [5.74, 6) is -0.0184. The number of rotatable bonds is 3. The van der Waals surface area contributed by atoms with E-state index in [-0.39, 0.29) is 17.6 Å². The summed E-state index contributed by atoms with van der Waals surface area (Å²) in [7, 11) is -3.20. The highest BCUT2D eigenvalue weighted by Gasteiger charge is 2.39. The Bertz CT molecular complexity index is 662. The molecule has 1 heterocycles. The molecule has 1 fully saturated rings. The molecule has 106 valence electrons. The first-order valence-electron chi connectivity index (χ1n) is 6.46. The van der Waals surface area contributed by atoms with Crippen molar-refractivity contribution in [3.63, 3.8) is 0 Å². The maximum Gasteiger partial charge on any atom is 0.230 e. The zero-order valence-electron chi connectivity index (χ0n) is 10.7. The minimum absolute atomic E-state index is 0.000859. The topological polar surface area (TPSA) is 54.5 Å². The van der Waals surface area contributed by atoms with Gasteiger partial charge in [0.1, 0.15) is 0 Å². The Morgan fingerprint density at radius 2 is 1.85 bits per heavy atom. The molecule has 3 rings (SSSR count). The fourth-order valence-electron chi connectivity index (χ4n) is 2.33. The summed E-state index contributed by atoms with van der Waals surface area (Å²) in [5.41, 5.74) is 0.693. The zero-order valence-corrected chi connectivity index (χ0v) is 12.3. The van der Waals surface area contributed by atoms with Gasteiger partial charge in [0.05, 0.1) is 11.8 Å². The first-order valence-corrected chi connectivity index (χ1v) is 8.55. The summed E-state index contributed by atoms with van der Waals surface area (Å²) in [4.78, 5) is 14.0. The molecule has 4 nitrogen and oxygen atoms in total. The van der Waals surface area contributed by atoms with Gasteiger partial charge in [0, 0.05) is 22.0 Å². The Balaban J connectivity index is 1.94. The fraction of sp³-hybridized carbons (Fsp3) is 0.357. The highest BCUT2D eigenvalue weighted by molar-refractivity contribution is 7.94. The number of benzene rings is 1. The van der Waals surface area contributed by atoms with Gasteiger partial charge >= 0.3 is 0 Å². The van der Waals surface area contributed by atoms with Crippen molar-refractivity contribution in [3.05, 3.63) is 40.8 Å². The summed E-state index contributed by atoms with van der Waals surface area (Å²) in [5, 5.41) is 1.78. The molecule has 1 aromatic rings. The molecule has 2 aliphatic rings. The molecule has 0 radical (unpaired) electrons. The van der Waals surface area contributed by atoms with Crippen LogP contribution in [0.25, 0.3) is 0 Å². The number of hydrogen-bond acceptors (Lipinski definition) is 3. The van der Waals surface area contributed by atoms with Gasteiger partial charge in [-0.05, 0) is 43.2 Å². The van der Waals surface area contributed by atoms with Gasteiger partial charge in [0.15, 0.2) is 9.84 Å². The standard InChI is InChI=1S/C14H14ClNO3S/c15-11-3-5-12(6-4-11)16(14(17)10-1-2-10)13-7-8-20(18,19)9-13/h3-8,10,13H,1-2,9H2. The van der Waals surface area contributed by atoms with E-state index in [9.17, 15) is 13.2 Å². The molecule has 1 aromatic carbocycles. The lowest BCUT2D eigenvalue weighted by Gasteiger charge is -2.27. The molecule has 1 amide bonds. The summed E-state index contributed by atoms with van der Waals surface area (Å²) in [6.07, 6.45) is 3.35. The summed E-state index contributed by atoms with van der Waals surface area (Å²) >= 11 is 5.86. The number of carbonyl (C=O) groups excluding carboxylic acids is 1. The summed E-state index contributed by atoms with van der Waals surface area (Å²) in [6, 6.07) is 6.49. The second-order valence-corrected chi connectivity index (χ2v) is 7.55. The van der Waals surface area contributed by atoms with Gasteiger partial charge in [-0.3, -0.25) is 4.79 Å². The van der Waals surface area contributed by atoms with Crippen LogP contribution in [-0.2, 0) is 14.6 Å². The van der Waals surface area contributed by atoms with E-state index in [0.29, 0.717) is 10.7 Å². The van der Waals surface area contributed by atoms with Gasteiger partial charge in [-0.1, -0.05) is 11.6 Å². The molecule has 0 aromatic heterocycles. The van der Waals surface area contributed by atoms with Crippen LogP contribution in [0.15, 0.2) is 35.7 Å². The third-order valence-electron chi connectivity index (χ3n) is 3.51. The van der Waals surface area contributed by atoms with E-state index in [4.69, 9.17) is 11.6 Å². The fourth-order valence-corrected chi connectivity index (χ4v) is 3.73. The van der Waals surface area contributed by atoms with Gasteiger partial charge in [-0.25, -0.2) is 8.42 Å². The van der Waals surface area contributed by atoms with Crippen LogP contribution < -0.4 is 4.90 Å². The second kappa shape index (κ2) is 4.90. The largest absolute Gasteiger partial charge is 0.304 e. The van der Waals surface area contributed by atoms with E-state index >= 15 is 0 Å². The smallest absolute Gasteiger partial charge is 0.230 e. The van der Waals surface area contributed by atoms with E-state index in [1.807, 2.05) is 0 Å². The quantitative estimate of drug-likeness (QED) is 0.861. The van der Waals surface area contributed by atoms with E-state index < -0.39 is 15.9 Å². The number of anilines is 1. The van der Waals surface area contributed by atoms with Crippen LogP contribution in [0.5, 0.6) is 0 Å². The minimum Gasteiger partial charge on any atom is -0.304 e. The monoisotopic (exact) mass is 311 g/mol. The van der Waals surface area contributed by atoms with Crippen LogP contribution >= 0.6 is 11.6 Å². The van der Waals surface area contributed by atoms with E-state index in [2.05, 4.69) is 0 Å². The van der Waals surface area contributed by atoms with Crippen molar-refractivity contribution < 1.29 is 13.2 Å². The molecule has 0 bridgehead atoms. The van der Waals surface area contributed by atoms with Crippen molar-refractivity contribution in [3.8, 4) is 0 Å². The van der Waals surface area contributed by atoms with Crippen LogP contribution in [-0.4, -0.2) is 26.1 Å². The number of halogens is 1. The maximum absolute atomic E-state index is 12.5. The number of nitrogens with zero attached hydrogens (tertiary/aromatic N) is 1. The highest BCUT2D eigenvalue weighted by atomic mass is 35.5. The molecular formula is C14H14ClNO3S. The normalized spacial score (nSPS) is 23.8. The van der Waals surface area contributed by atoms with Crippen molar-refractivity contribution in [2.24, 2.45) is 5.92 Å². The molecule has 1 aliphatic heterocycles. The molecule has 6 heteroatoms. The number of amides is 1. The van der Waals surface area contributed by atoms with Crippen LogP contribution in [0.2, 0.25) is 5.02 Å². The zero-order chi connectivity index (χ0) is 14.3.